The van der Waals surface area contributed by atoms with Crippen LogP contribution in [-0.2, 0) is 0 Å². The van der Waals surface area contributed by atoms with Crippen molar-refractivity contribution in [1.29, 1.82) is 5.26 Å². The Hall–Kier alpha value is -2.59. The number of hydrogen-bond acceptors (Lipinski definition) is 5. The van der Waals surface area contributed by atoms with Gasteiger partial charge in [-0.05, 0) is 38.0 Å². The predicted octanol–water partition coefficient (Wildman–Crippen LogP) is 4.04. The maximum atomic E-state index is 11.4. The van der Waals surface area contributed by atoms with Gasteiger partial charge in [-0.25, -0.2) is 9.78 Å². The van der Waals surface area contributed by atoms with Crippen molar-refractivity contribution in [3.63, 3.8) is 0 Å². The maximum absolute atomic E-state index is 11.4. The van der Waals surface area contributed by atoms with Crippen LogP contribution in [0, 0.1) is 18.3 Å². The average Bonchev–Trinajstić information content (AvgIpc) is 3.16. The van der Waals surface area contributed by atoms with Crippen molar-refractivity contribution in [2.45, 2.75) is 50.8 Å². The van der Waals surface area contributed by atoms with E-state index < -0.39 is 6.09 Å². The molecule has 2 aliphatic heterocycles. The zero-order valence-electron chi connectivity index (χ0n) is 14.4. The van der Waals surface area contributed by atoms with Crippen molar-refractivity contribution >= 4 is 17.4 Å². The second-order valence-electron chi connectivity index (χ2n) is 6.92. The van der Waals surface area contributed by atoms with Crippen molar-refractivity contribution in [2.75, 3.05) is 0 Å². The van der Waals surface area contributed by atoms with Crippen LogP contribution < -0.4 is 4.74 Å². The summed E-state index contributed by atoms with van der Waals surface area (Å²) in [7, 11) is 0. The Morgan fingerprint density at radius 2 is 2.08 bits per heavy atom. The maximum Gasteiger partial charge on any atom is 0.407 e. The molecule has 134 valence electrons. The highest BCUT2D eigenvalue weighted by Crippen LogP contribution is 2.38. The Bertz CT molecular complexity index is 874. The number of hydrogen-bond donors (Lipinski definition) is 1. The Labute approximate surface area is 155 Å². The number of aromatic nitrogens is 1. The number of thiazole rings is 1. The third-order valence-electron chi connectivity index (χ3n) is 5.12. The molecule has 0 unspecified atom stereocenters. The number of nitrogens with zero attached hydrogens (tertiary/aromatic N) is 3. The van der Waals surface area contributed by atoms with E-state index in [-0.39, 0.29) is 18.2 Å². The van der Waals surface area contributed by atoms with Gasteiger partial charge in [0.1, 0.15) is 16.9 Å². The van der Waals surface area contributed by atoms with Gasteiger partial charge in [0.05, 0.1) is 11.6 Å². The van der Waals surface area contributed by atoms with E-state index in [0.717, 1.165) is 28.3 Å². The van der Waals surface area contributed by atoms with Crippen LogP contribution >= 0.6 is 11.3 Å². The van der Waals surface area contributed by atoms with Gasteiger partial charge in [-0.1, -0.05) is 0 Å². The van der Waals surface area contributed by atoms with Crippen LogP contribution in [0.3, 0.4) is 0 Å². The molecule has 4 rings (SSSR count). The van der Waals surface area contributed by atoms with Crippen molar-refractivity contribution in [3.8, 4) is 22.4 Å². The summed E-state index contributed by atoms with van der Waals surface area (Å²) < 4.78 is 6.18. The first-order chi connectivity index (χ1) is 12.5. The number of carbonyl (C=O) groups is 1. The fraction of sp³-hybridized carbons (Fsp3) is 0.421. The molecule has 2 fully saturated rings. The normalized spacial score (nSPS) is 24.3. The van der Waals surface area contributed by atoms with E-state index in [1.54, 1.807) is 22.3 Å². The van der Waals surface area contributed by atoms with Gasteiger partial charge in [0.2, 0.25) is 0 Å². The smallest absolute Gasteiger partial charge is 0.407 e. The summed E-state index contributed by atoms with van der Waals surface area (Å²) in [4.78, 5) is 18.5. The number of carboxylic acid groups (broad SMARTS) is 1. The number of nitriles is 1. The Kier molecular flexibility index (Phi) is 4.29. The first-order valence-corrected chi connectivity index (χ1v) is 9.51. The number of aryl methyl sites for hydroxylation is 1. The fourth-order valence-electron chi connectivity index (χ4n) is 4.07. The molecule has 7 heteroatoms. The van der Waals surface area contributed by atoms with Gasteiger partial charge >= 0.3 is 6.09 Å². The number of ether oxygens (including phenoxy) is 1. The van der Waals surface area contributed by atoms with Gasteiger partial charge in [-0.2, -0.15) is 5.26 Å². The van der Waals surface area contributed by atoms with Crippen LogP contribution in [0.2, 0.25) is 0 Å². The van der Waals surface area contributed by atoms with Crippen LogP contribution in [0.15, 0.2) is 24.4 Å². The number of amides is 1. The van der Waals surface area contributed by atoms with Crippen LogP contribution in [-0.4, -0.2) is 39.3 Å². The van der Waals surface area contributed by atoms with Crippen LogP contribution in [0.4, 0.5) is 4.79 Å². The first kappa shape index (κ1) is 16.9. The van der Waals surface area contributed by atoms with E-state index in [4.69, 9.17) is 4.74 Å². The van der Waals surface area contributed by atoms with Gasteiger partial charge in [-0.3, -0.25) is 0 Å². The predicted molar refractivity (Wildman–Crippen MR) is 97.3 cm³/mol. The molecule has 3 atom stereocenters. The lowest BCUT2D eigenvalue weighted by molar-refractivity contribution is 0.0496. The molecule has 0 aliphatic carbocycles. The summed E-state index contributed by atoms with van der Waals surface area (Å²) in [5, 5.41) is 19.6. The zero-order chi connectivity index (χ0) is 18.3. The third-order valence-corrected chi connectivity index (χ3v) is 6.08. The topological polar surface area (TPSA) is 86.5 Å². The molecule has 2 saturated heterocycles. The molecule has 26 heavy (non-hydrogen) atoms. The van der Waals surface area contributed by atoms with E-state index in [2.05, 4.69) is 11.1 Å². The molecule has 2 aliphatic rings. The molecule has 0 spiro atoms. The second kappa shape index (κ2) is 6.61. The van der Waals surface area contributed by atoms with Crippen molar-refractivity contribution < 1.29 is 14.6 Å². The molecular weight excluding hydrogens is 350 g/mol. The van der Waals surface area contributed by atoms with E-state index in [9.17, 15) is 15.2 Å². The minimum Gasteiger partial charge on any atom is -0.490 e. The van der Waals surface area contributed by atoms with Gasteiger partial charge < -0.3 is 14.7 Å². The van der Waals surface area contributed by atoms with Crippen molar-refractivity contribution in [2.24, 2.45) is 0 Å². The summed E-state index contributed by atoms with van der Waals surface area (Å²) in [6, 6.07) is 7.75. The van der Waals surface area contributed by atoms with Gasteiger partial charge in [0, 0.05) is 41.6 Å². The fourth-order valence-corrected chi connectivity index (χ4v) is 4.82. The van der Waals surface area contributed by atoms with Crippen LogP contribution in [0.5, 0.6) is 5.75 Å². The lowest BCUT2D eigenvalue weighted by atomic mass is 10.00. The number of piperidine rings is 1. The minimum absolute atomic E-state index is 0.0251. The standard InChI is InChI=1S/C19H19N3O3S/c1-11-10-21-18(26-11)13-4-12(9-20)5-16(6-13)25-17-7-14-2-3-15(8-17)22(14)19(23)24/h4-6,10,14-15,17H,2-3,7-8H2,1H3,(H,23,24)/t14-,15+,17+. The quantitative estimate of drug-likeness (QED) is 0.882. The van der Waals surface area contributed by atoms with Gasteiger partial charge in [0.15, 0.2) is 0 Å². The number of fused-ring (bicyclic) bond motifs is 2. The van der Waals surface area contributed by atoms with E-state index in [1.165, 1.54) is 0 Å². The molecule has 3 heterocycles. The molecular formula is C19H19N3O3S. The lowest BCUT2D eigenvalue weighted by Gasteiger charge is -2.37. The van der Waals surface area contributed by atoms with E-state index in [1.807, 2.05) is 25.3 Å². The Balaban J connectivity index is 1.56. The molecule has 0 saturated carbocycles. The zero-order valence-corrected chi connectivity index (χ0v) is 15.2. The summed E-state index contributed by atoms with van der Waals surface area (Å²) in [5.41, 5.74) is 1.42. The molecule has 2 aromatic rings. The van der Waals surface area contributed by atoms with Gasteiger partial charge in [0.25, 0.3) is 0 Å². The lowest BCUT2D eigenvalue weighted by Crippen LogP contribution is -2.48. The van der Waals surface area contributed by atoms with Crippen molar-refractivity contribution in [3.05, 3.63) is 34.8 Å². The SMILES string of the molecule is Cc1cnc(-c2cc(C#N)cc(O[C@H]3C[C@H]4CC[C@@H](C3)N4C(=O)O)c2)s1. The summed E-state index contributed by atoms with van der Waals surface area (Å²) >= 11 is 1.58. The van der Waals surface area contributed by atoms with Crippen molar-refractivity contribution in [1.82, 2.24) is 9.88 Å². The molecule has 1 aromatic carbocycles. The highest BCUT2D eigenvalue weighted by molar-refractivity contribution is 7.14. The molecule has 1 amide bonds. The minimum atomic E-state index is -0.830. The van der Waals surface area contributed by atoms with Crippen LogP contribution in [0.25, 0.3) is 10.6 Å². The monoisotopic (exact) mass is 369 g/mol. The van der Waals surface area contributed by atoms with E-state index >= 15 is 0 Å². The molecule has 6 nitrogen and oxygen atoms in total. The average molecular weight is 369 g/mol. The highest BCUT2D eigenvalue weighted by Gasteiger charge is 2.44. The molecule has 2 bridgehead atoms. The van der Waals surface area contributed by atoms with E-state index in [0.29, 0.717) is 24.2 Å². The summed E-state index contributed by atoms with van der Waals surface area (Å²) in [5.74, 6) is 0.653. The number of benzene rings is 1. The molecule has 0 radical (unpaired) electrons. The Morgan fingerprint density at radius 3 is 2.65 bits per heavy atom. The molecule has 1 aromatic heterocycles. The van der Waals surface area contributed by atoms with Crippen LogP contribution in [0.1, 0.15) is 36.1 Å². The molecule has 1 N–H and O–H groups in total. The summed E-state index contributed by atoms with van der Waals surface area (Å²) in [6.07, 6.45) is 4.17. The first-order valence-electron chi connectivity index (χ1n) is 8.69. The number of rotatable bonds is 3. The summed E-state index contributed by atoms with van der Waals surface area (Å²) in [6.45, 7) is 2.00. The largest absolute Gasteiger partial charge is 0.490 e. The Morgan fingerprint density at radius 1 is 1.35 bits per heavy atom. The highest BCUT2D eigenvalue weighted by atomic mass is 32.1. The third kappa shape index (κ3) is 3.13. The second-order valence-corrected chi connectivity index (χ2v) is 8.15. The van der Waals surface area contributed by atoms with Gasteiger partial charge in [-0.15, -0.1) is 11.3 Å².